The normalized spacial score (nSPS) is 11.3. The van der Waals surface area contributed by atoms with Crippen molar-refractivity contribution in [3.63, 3.8) is 0 Å². The topological polar surface area (TPSA) is 75.4 Å². The van der Waals surface area contributed by atoms with E-state index in [4.69, 9.17) is 16.1 Å². The number of alkyl halides is 1. The minimum Gasteiger partial charge on any atom is -0.360 e. The first kappa shape index (κ1) is 19.5. The van der Waals surface area contributed by atoms with E-state index in [1.807, 2.05) is 0 Å². The van der Waals surface area contributed by atoms with E-state index in [1.54, 1.807) is 31.7 Å². The van der Waals surface area contributed by atoms with E-state index in [0.29, 0.717) is 18.1 Å². The minimum atomic E-state index is -0.696. The van der Waals surface area contributed by atoms with Crippen molar-refractivity contribution in [2.75, 3.05) is 24.3 Å². The molecule has 0 spiro atoms. The second-order valence-electron chi connectivity index (χ2n) is 6.32. The van der Waals surface area contributed by atoms with Crippen molar-refractivity contribution in [3.05, 3.63) is 11.8 Å². The molecule has 1 N–H and O–H groups in total. The first-order chi connectivity index (χ1) is 10.8. The summed E-state index contributed by atoms with van der Waals surface area (Å²) in [5.41, 5.74) is -0.696. The Morgan fingerprint density at radius 3 is 2.61 bits per heavy atom. The van der Waals surface area contributed by atoms with Crippen molar-refractivity contribution in [3.8, 4) is 0 Å². The van der Waals surface area contributed by atoms with Crippen molar-refractivity contribution in [1.82, 2.24) is 10.1 Å². The Morgan fingerprint density at radius 2 is 2.09 bits per heavy atom. The molecule has 1 rings (SSSR count). The second kappa shape index (κ2) is 8.91. The molecule has 1 heterocycles. The Hall–Kier alpha value is -1.56. The molecule has 1 aromatic heterocycles. The molecule has 130 valence electrons. The van der Waals surface area contributed by atoms with Crippen LogP contribution in [0.1, 0.15) is 45.8 Å². The molecular formula is C16H26ClN3O3. The fraction of sp³-hybridized carbons (Fsp3) is 0.688. The van der Waals surface area contributed by atoms with E-state index in [1.165, 1.54) is 0 Å². The van der Waals surface area contributed by atoms with Gasteiger partial charge in [-0.25, -0.2) is 0 Å². The fourth-order valence-electron chi connectivity index (χ4n) is 2.07. The molecule has 0 aliphatic carbocycles. The molecule has 1 aromatic rings. The third-order valence-corrected chi connectivity index (χ3v) is 4.13. The molecular weight excluding hydrogens is 318 g/mol. The molecule has 0 atom stereocenters. The standard InChI is InChI=1S/C16H26ClN3O3/c1-5-6-7-8-20(15(22)16(3,4)11-17)10-14(21)18-13-9-12(2)23-19-13/h9H,5-8,10-11H2,1-4H3,(H,18,19,21). The first-order valence-corrected chi connectivity index (χ1v) is 8.42. The van der Waals surface area contributed by atoms with Gasteiger partial charge in [0.1, 0.15) is 5.76 Å². The van der Waals surface area contributed by atoms with Crippen molar-refractivity contribution in [1.29, 1.82) is 0 Å². The first-order valence-electron chi connectivity index (χ1n) is 7.88. The van der Waals surface area contributed by atoms with Crippen LogP contribution in [0, 0.1) is 12.3 Å². The van der Waals surface area contributed by atoms with Gasteiger partial charge in [-0.15, -0.1) is 11.6 Å². The predicted octanol–water partition coefficient (Wildman–Crippen LogP) is 3.21. The quantitative estimate of drug-likeness (QED) is 0.552. The Balaban J connectivity index is 2.71. The van der Waals surface area contributed by atoms with E-state index >= 15 is 0 Å². The highest BCUT2D eigenvalue weighted by Gasteiger charge is 2.32. The summed E-state index contributed by atoms with van der Waals surface area (Å²) in [4.78, 5) is 26.3. The molecule has 0 radical (unpaired) electrons. The summed E-state index contributed by atoms with van der Waals surface area (Å²) >= 11 is 5.89. The molecule has 0 aliphatic heterocycles. The van der Waals surface area contributed by atoms with Crippen LogP contribution >= 0.6 is 11.6 Å². The van der Waals surface area contributed by atoms with Crippen LogP contribution < -0.4 is 5.32 Å². The maximum atomic E-state index is 12.6. The summed E-state index contributed by atoms with van der Waals surface area (Å²) in [5, 5.41) is 6.35. The highest BCUT2D eigenvalue weighted by Crippen LogP contribution is 2.21. The zero-order valence-electron chi connectivity index (χ0n) is 14.3. The molecule has 0 bridgehead atoms. The predicted molar refractivity (Wildman–Crippen MR) is 90.5 cm³/mol. The van der Waals surface area contributed by atoms with Gasteiger partial charge in [-0.2, -0.15) is 0 Å². The average molecular weight is 344 g/mol. The van der Waals surface area contributed by atoms with Gasteiger partial charge in [0.25, 0.3) is 0 Å². The molecule has 0 aliphatic rings. The number of rotatable bonds is 9. The third kappa shape index (κ3) is 6.22. The number of nitrogens with zero attached hydrogens (tertiary/aromatic N) is 2. The Labute approximate surface area is 142 Å². The van der Waals surface area contributed by atoms with Gasteiger partial charge in [0.05, 0.1) is 12.0 Å². The van der Waals surface area contributed by atoms with E-state index < -0.39 is 5.41 Å². The molecule has 6 nitrogen and oxygen atoms in total. The lowest BCUT2D eigenvalue weighted by Crippen LogP contribution is -2.46. The van der Waals surface area contributed by atoms with Gasteiger partial charge < -0.3 is 14.7 Å². The number of nitrogens with one attached hydrogen (secondary N) is 1. The fourth-order valence-corrected chi connectivity index (χ4v) is 2.19. The summed E-state index contributed by atoms with van der Waals surface area (Å²) in [7, 11) is 0. The van der Waals surface area contributed by atoms with Crippen molar-refractivity contribution in [2.24, 2.45) is 5.41 Å². The smallest absolute Gasteiger partial charge is 0.245 e. The number of anilines is 1. The van der Waals surface area contributed by atoms with Crippen LogP contribution in [0.5, 0.6) is 0 Å². The van der Waals surface area contributed by atoms with Gasteiger partial charge in [-0.05, 0) is 27.2 Å². The maximum Gasteiger partial charge on any atom is 0.245 e. The summed E-state index contributed by atoms with van der Waals surface area (Å²) in [6.07, 6.45) is 2.91. The number of hydrogen-bond acceptors (Lipinski definition) is 4. The number of amides is 2. The van der Waals surface area contributed by atoms with E-state index in [0.717, 1.165) is 19.3 Å². The monoisotopic (exact) mass is 343 g/mol. The molecule has 2 amide bonds. The summed E-state index contributed by atoms with van der Waals surface area (Å²) in [5.74, 6) is 0.758. The zero-order valence-corrected chi connectivity index (χ0v) is 15.1. The number of carbonyl (C=O) groups is 2. The van der Waals surface area contributed by atoms with E-state index in [2.05, 4.69) is 17.4 Å². The molecule has 23 heavy (non-hydrogen) atoms. The summed E-state index contributed by atoms with van der Waals surface area (Å²) in [6.45, 7) is 7.93. The number of aromatic nitrogens is 1. The van der Waals surface area contributed by atoms with Crippen molar-refractivity contribution in [2.45, 2.75) is 47.0 Å². The average Bonchev–Trinajstić information content (AvgIpc) is 2.90. The second-order valence-corrected chi connectivity index (χ2v) is 6.59. The minimum absolute atomic E-state index is 0.0191. The van der Waals surface area contributed by atoms with Crippen LogP contribution in [0.3, 0.4) is 0 Å². The molecule has 0 fully saturated rings. The maximum absolute atomic E-state index is 12.6. The van der Waals surface area contributed by atoms with Crippen molar-refractivity contribution >= 4 is 29.2 Å². The summed E-state index contributed by atoms with van der Waals surface area (Å²) in [6, 6.07) is 1.63. The zero-order chi connectivity index (χ0) is 17.5. The van der Waals surface area contributed by atoms with Crippen LogP contribution in [-0.2, 0) is 9.59 Å². The van der Waals surface area contributed by atoms with Gasteiger partial charge in [-0.1, -0.05) is 24.9 Å². The van der Waals surface area contributed by atoms with Crippen LogP contribution in [0.15, 0.2) is 10.6 Å². The SMILES string of the molecule is CCCCCN(CC(=O)Nc1cc(C)on1)C(=O)C(C)(C)CCl. The van der Waals surface area contributed by atoms with Crippen LogP contribution in [-0.4, -0.2) is 40.8 Å². The molecule has 0 aromatic carbocycles. The largest absolute Gasteiger partial charge is 0.360 e. The number of carbonyl (C=O) groups excluding carboxylic acids is 2. The highest BCUT2D eigenvalue weighted by molar-refractivity contribution is 6.19. The van der Waals surface area contributed by atoms with E-state index in [-0.39, 0.29) is 24.2 Å². The Morgan fingerprint density at radius 1 is 1.39 bits per heavy atom. The van der Waals surface area contributed by atoms with Crippen LogP contribution in [0.4, 0.5) is 5.82 Å². The van der Waals surface area contributed by atoms with Gasteiger partial charge in [0.2, 0.25) is 11.8 Å². The lowest BCUT2D eigenvalue weighted by atomic mass is 9.94. The Kier molecular flexibility index (Phi) is 7.55. The lowest BCUT2D eigenvalue weighted by molar-refractivity contribution is -0.141. The molecule has 0 saturated carbocycles. The molecule has 7 heteroatoms. The molecule has 0 unspecified atom stereocenters. The molecule has 0 saturated heterocycles. The van der Waals surface area contributed by atoms with Gasteiger partial charge in [0.15, 0.2) is 5.82 Å². The number of hydrogen-bond donors (Lipinski definition) is 1. The number of aryl methyl sites for hydroxylation is 1. The lowest BCUT2D eigenvalue weighted by Gasteiger charge is -2.30. The van der Waals surface area contributed by atoms with Gasteiger partial charge in [-0.3, -0.25) is 9.59 Å². The number of halogens is 1. The number of unbranched alkanes of at least 4 members (excludes halogenated alkanes) is 2. The Bertz CT molecular complexity index is 528. The van der Waals surface area contributed by atoms with Gasteiger partial charge >= 0.3 is 0 Å². The van der Waals surface area contributed by atoms with Crippen molar-refractivity contribution < 1.29 is 14.1 Å². The van der Waals surface area contributed by atoms with Gasteiger partial charge in [0, 0.05) is 18.5 Å². The highest BCUT2D eigenvalue weighted by atomic mass is 35.5. The van der Waals surface area contributed by atoms with E-state index in [9.17, 15) is 9.59 Å². The van der Waals surface area contributed by atoms with Crippen LogP contribution in [0.25, 0.3) is 0 Å². The third-order valence-electron chi connectivity index (χ3n) is 3.46. The van der Waals surface area contributed by atoms with Crippen LogP contribution in [0.2, 0.25) is 0 Å². The summed E-state index contributed by atoms with van der Waals surface area (Å²) < 4.78 is 4.91.